The molecule has 0 aliphatic heterocycles. The minimum atomic E-state index is -4.08. The van der Waals surface area contributed by atoms with Gasteiger partial charge in [0.1, 0.15) is 5.69 Å². The van der Waals surface area contributed by atoms with Crippen molar-refractivity contribution >= 4 is 38.9 Å². The number of aryl methyl sites for hydroxylation is 1. The van der Waals surface area contributed by atoms with Crippen LogP contribution < -0.4 is 21.5 Å². The van der Waals surface area contributed by atoms with Gasteiger partial charge in [0, 0.05) is 30.3 Å². The van der Waals surface area contributed by atoms with E-state index in [1.54, 1.807) is 13.0 Å². The Bertz CT molecular complexity index is 1080. The first-order chi connectivity index (χ1) is 13.5. The van der Waals surface area contributed by atoms with Gasteiger partial charge in [-0.1, -0.05) is 0 Å². The van der Waals surface area contributed by atoms with Gasteiger partial charge < -0.3 is 16.4 Å². The molecule has 6 N–H and O–H groups in total. The van der Waals surface area contributed by atoms with E-state index in [9.17, 15) is 28.1 Å². The molecule has 0 aliphatic rings. The average Bonchev–Trinajstić information content (AvgIpc) is 2.60. The third-order valence-electron chi connectivity index (χ3n) is 3.94. The number of amides is 2. The molecule has 0 radical (unpaired) electrons. The highest BCUT2D eigenvalue weighted by molar-refractivity contribution is 7.89. The van der Waals surface area contributed by atoms with E-state index in [1.807, 2.05) is 0 Å². The summed E-state index contributed by atoms with van der Waals surface area (Å²) in [6, 6.07) is 7.83. The molecule has 2 aromatic rings. The number of nitro groups is 1. The van der Waals surface area contributed by atoms with Crippen LogP contribution in [0, 0.1) is 17.0 Å². The van der Waals surface area contributed by atoms with Crippen molar-refractivity contribution in [2.45, 2.75) is 18.2 Å². The molecule has 0 unspecified atom stereocenters. The van der Waals surface area contributed by atoms with Crippen molar-refractivity contribution in [3.05, 3.63) is 57.6 Å². The summed E-state index contributed by atoms with van der Waals surface area (Å²) in [5.41, 5.74) is 6.24. The SMILES string of the molecule is Cc1cc(NC(=O)CCNc2ccc(S(N)(=O)=O)cc2[N+](=O)[O-])ccc1C(N)=O. The molecule has 0 atom stereocenters. The number of benzene rings is 2. The maximum Gasteiger partial charge on any atom is 0.293 e. The van der Waals surface area contributed by atoms with E-state index in [-0.39, 0.29) is 29.5 Å². The van der Waals surface area contributed by atoms with Crippen molar-refractivity contribution < 1.29 is 22.9 Å². The lowest BCUT2D eigenvalue weighted by Gasteiger charge is -2.10. The van der Waals surface area contributed by atoms with Crippen LogP contribution in [0.4, 0.5) is 17.1 Å². The van der Waals surface area contributed by atoms with Crippen molar-refractivity contribution in [2.24, 2.45) is 10.9 Å². The Labute approximate surface area is 166 Å². The quantitative estimate of drug-likeness (QED) is 0.362. The first-order valence-corrected chi connectivity index (χ1v) is 9.79. The van der Waals surface area contributed by atoms with E-state index in [2.05, 4.69) is 10.6 Å². The zero-order chi connectivity index (χ0) is 21.8. The van der Waals surface area contributed by atoms with Gasteiger partial charge in [0.2, 0.25) is 21.8 Å². The van der Waals surface area contributed by atoms with Gasteiger partial charge >= 0.3 is 0 Å². The molecular weight excluding hydrogens is 402 g/mol. The van der Waals surface area contributed by atoms with Crippen LogP contribution in [-0.4, -0.2) is 31.7 Å². The largest absolute Gasteiger partial charge is 0.379 e. The number of carbonyl (C=O) groups is 2. The fraction of sp³-hybridized carbons (Fsp3) is 0.176. The molecule has 0 saturated carbocycles. The highest BCUT2D eigenvalue weighted by Gasteiger charge is 2.19. The Morgan fingerprint density at radius 3 is 2.41 bits per heavy atom. The van der Waals surface area contributed by atoms with Crippen LogP contribution in [0.5, 0.6) is 0 Å². The number of anilines is 2. The summed E-state index contributed by atoms with van der Waals surface area (Å²) >= 11 is 0. The highest BCUT2D eigenvalue weighted by Crippen LogP contribution is 2.27. The normalized spacial score (nSPS) is 11.0. The summed E-state index contributed by atoms with van der Waals surface area (Å²) in [5.74, 6) is -0.938. The van der Waals surface area contributed by atoms with Crippen LogP contribution in [0.3, 0.4) is 0 Å². The molecule has 0 aliphatic carbocycles. The number of hydrogen-bond donors (Lipinski definition) is 4. The van der Waals surface area contributed by atoms with E-state index in [0.717, 1.165) is 12.1 Å². The molecule has 2 amide bonds. The van der Waals surface area contributed by atoms with E-state index >= 15 is 0 Å². The van der Waals surface area contributed by atoms with Crippen LogP contribution in [0.2, 0.25) is 0 Å². The predicted octanol–water partition coefficient (Wildman–Crippen LogP) is 1.09. The Morgan fingerprint density at radius 2 is 1.86 bits per heavy atom. The number of nitrogens with zero attached hydrogens (tertiary/aromatic N) is 1. The molecule has 154 valence electrons. The number of rotatable bonds is 8. The number of primary amides is 1. The molecule has 2 aromatic carbocycles. The van der Waals surface area contributed by atoms with Crippen LogP contribution in [0.1, 0.15) is 22.3 Å². The van der Waals surface area contributed by atoms with Gasteiger partial charge in [-0.05, 0) is 42.8 Å². The van der Waals surface area contributed by atoms with Gasteiger partial charge in [-0.15, -0.1) is 0 Å². The Balaban J connectivity index is 2.01. The third kappa shape index (κ3) is 5.73. The summed E-state index contributed by atoms with van der Waals surface area (Å²) in [4.78, 5) is 33.3. The minimum Gasteiger partial charge on any atom is -0.379 e. The standard InChI is InChI=1S/C17H19N5O6S/c1-10-8-11(2-4-13(10)17(18)24)21-16(23)6-7-20-14-5-3-12(29(19,27)28)9-15(14)22(25)26/h2-5,8-9,20H,6-7H2,1H3,(H2,18,24)(H,21,23)(H2,19,27,28). The van der Waals surface area contributed by atoms with Crippen molar-refractivity contribution in [3.63, 3.8) is 0 Å². The summed E-state index contributed by atoms with van der Waals surface area (Å²) in [5, 5.41) is 21.5. The van der Waals surface area contributed by atoms with Crippen LogP contribution in [-0.2, 0) is 14.8 Å². The lowest BCUT2D eigenvalue weighted by molar-refractivity contribution is -0.384. The lowest BCUT2D eigenvalue weighted by atomic mass is 10.1. The predicted molar refractivity (Wildman–Crippen MR) is 106 cm³/mol. The number of nitrogens with two attached hydrogens (primary N) is 2. The van der Waals surface area contributed by atoms with E-state index in [0.29, 0.717) is 16.8 Å². The molecule has 0 spiro atoms. The zero-order valence-electron chi connectivity index (χ0n) is 15.3. The number of hydrogen-bond acceptors (Lipinski definition) is 7. The third-order valence-corrected chi connectivity index (χ3v) is 4.85. The molecule has 0 saturated heterocycles. The highest BCUT2D eigenvalue weighted by atomic mass is 32.2. The van der Waals surface area contributed by atoms with E-state index in [4.69, 9.17) is 10.9 Å². The number of carbonyl (C=O) groups excluding carboxylic acids is 2. The second kappa shape index (κ2) is 8.67. The van der Waals surface area contributed by atoms with Gasteiger partial charge in [-0.25, -0.2) is 13.6 Å². The molecule has 11 nitrogen and oxygen atoms in total. The number of nitro benzene ring substituents is 1. The van der Waals surface area contributed by atoms with E-state index in [1.165, 1.54) is 18.2 Å². The van der Waals surface area contributed by atoms with Gasteiger partial charge in [-0.2, -0.15) is 0 Å². The van der Waals surface area contributed by atoms with Crippen molar-refractivity contribution in [1.29, 1.82) is 0 Å². The van der Waals surface area contributed by atoms with Crippen molar-refractivity contribution in [1.82, 2.24) is 0 Å². The molecule has 0 bridgehead atoms. The van der Waals surface area contributed by atoms with Crippen LogP contribution >= 0.6 is 0 Å². The summed E-state index contributed by atoms with van der Waals surface area (Å²) in [6.45, 7) is 1.74. The van der Waals surface area contributed by atoms with Crippen LogP contribution in [0.25, 0.3) is 0 Å². The number of nitrogens with one attached hydrogen (secondary N) is 2. The summed E-state index contributed by atoms with van der Waals surface area (Å²) in [6.07, 6.45) is -0.0231. The lowest BCUT2D eigenvalue weighted by Crippen LogP contribution is -2.18. The molecule has 29 heavy (non-hydrogen) atoms. The Kier molecular flexibility index (Phi) is 6.51. The second-order valence-corrected chi connectivity index (χ2v) is 7.66. The van der Waals surface area contributed by atoms with E-state index < -0.39 is 26.5 Å². The number of primary sulfonamides is 1. The zero-order valence-corrected chi connectivity index (χ0v) is 16.2. The summed E-state index contributed by atoms with van der Waals surface area (Å²) < 4.78 is 22.7. The second-order valence-electron chi connectivity index (χ2n) is 6.10. The van der Waals surface area contributed by atoms with Gasteiger partial charge in [0.25, 0.3) is 5.69 Å². The van der Waals surface area contributed by atoms with Crippen molar-refractivity contribution in [2.75, 3.05) is 17.2 Å². The van der Waals surface area contributed by atoms with Gasteiger partial charge in [-0.3, -0.25) is 19.7 Å². The topological polar surface area (TPSA) is 188 Å². The fourth-order valence-electron chi connectivity index (χ4n) is 2.54. The first-order valence-electron chi connectivity index (χ1n) is 8.24. The fourth-order valence-corrected chi connectivity index (χ4v) is 3.07. The average molecular weight is 421 g/mol. The van der Waals surface area contributed by atoms with Gasteiger partial charge in [0.05, 0.1) is 9.82 Å². The molecular formula is C17H19N5O6S. The summed E-state index contributed by atoms with van der Waals surface area (Å²) in [7, 11) is -4.08. The van der Waals surface area contributed by atoms with Crippen molar-refractivity contribution in [3.8, 4) is 0 Å². The Morgan fingerprint density at radius 1 is 1.17 bits per heavy atom. The number of sulfonamides is 1. The minimum absolute atomic E-state index is 0.0231. The Hall–Kier alpha value is -3.51. The molecule has 12 heteroatoms. The maximum atomic E-state index is 12.1. The van der Waals surface area contributed by atoms with Crippen LogP contribution in [0.15, 0.2) is 41.3 Å². The maximum absolute atomic E-state index is 12.1. The smallest absolute Gasteiger partial charge is 0.293 e. The first kappa shape index (κ1) is 21.8. The molecule has 2 rings (SSSR count). The van der Waals surface area contributed by atoms with Gasteiger partial charge in [0.15, 0.2) is 0 Å². The monoisotopic (exact) mass is 421 g/mol. The molecule has 0 fully saturated rings. The molecule has 0 aromatic heterocycles. The molecule has 0 heterocycles.